The third-order valence-corrected chi connectivity index (χ3v) is 5.16. The smallest absolute Gasteiger partial charge is 0.240 e. The second-order valence-electron chi connectivity index (χ2n) is 6.16. The number of aryl methyl sites for hydroxylation is 2. The molecule has 1 amide bonds. The molecule has 2 aromatic carbocycles. The Balaban J connectivity index is 1.81. The first kappa shape index (κ1) is 18.1. The Morgan fingerprint density at radius 3 is 2.62 bits per heavy atom. The van der Waals surface area contributed by atoms with Crippen molar-refractivity contribution in [2.45, 2.75) is 31.2 Å². The average Bonchev–Trinajstić information content (AvgIpc) is 3.11. The van der Waals surface area contributed by atoms with Crippen molar-refractivity contribution in [1.29, 1.82) is 0 Å². The molecule has 1 atom stereocenters. The fraction of sp³-hybridized carbons (Fsp3) is 0.263. The highest BCUT2D eigenvalue weighted by atomic mass is 32.2. The number of rotatable bonds is 5. The number of hydrogen-bond acceptors (Lipinski definition) is 5. The summed E-state index contributed by atoms with van der Waals surface area (Å²) < 4.78 is 1.69. The summed E-state index contributed by atoms with van der Waals surface area (Å²) in [7, 11) is 1.78. The molecular weight excluding hydrogens is 346 g/mol. The van der Waals surface area contributed by atoms with E-state index in [1.807, 2.05) is 63.2 Å². The molecule has 3 rings (SSSR count). The first-order valence-electron chi connectivity index (χ1n) is 8.32. The molecule has 6 nitrogen and oxygen atoms in total. The van der Waals surface area contributed by atoms with Crippen LogP contribution in [0.25, 0.3) is 5.69 Å². The summed E-state index contributed by atoms with van der Waals surface area (Å²) in [4.78, 5) is 14.4. The van der Waals surface area contributed by atoms with Crippen molar-refractivity contribution in [3.05, 3.63) is 59.7 Å². The molecule has 0 N–H and O–H groups in total. The van der Waals surface area contributed by atoms with Gasteiger partial charge in [-0.05, 0) is 60.5 Å². The molecule has 0 aliphatic heterocycles. The molecule has 0 aliphatic carbocycles. The number of thioether (sulfide) groups is 1. The topological polar surface area (TPSA) is 63.9 Å². The molecule has 0 saturated carbocycles. The number of aromatic nitrogens is 4. The lowest BCUT2D eigenvalue weighted by Crippen LogP contribution is -2.33. The molecule has 0 saturated heterocycles. The highest BCUT2D eigenvalue weighted by Crippen LogP contribution is 2.26. The Kier molecular flexibility index (Phi) is 5.37. The standard InChI is InChI=1S/C19H21N5OS/c1-13-10-11-14(2)17(12-13)24-19(20-21-22-24)26-15(3)18(25)23(4)16-8-6-5-7-9-16/h5-12,15H,1-4H3/t15-/m1/s1. The van der Waals surface area contributed by atoms with Crippen molar-refractivity contribution in [2.24, 2.45) is 0 Å². The molecule has 0 spiro atoms. The van der Waals surface area contributed by atoms with Gasteiger partial charge in [0.05, 0.1) is 10.9 Å². The number of tetrazole rings is 1. The Labute approximate surface area is 157 Å². The van der Waals surface area contributed by atoms with Gasteiger partial charge in [-0.25, -0.2) is 0 Å². The number of carbonyl (C=O) groups excluding carboxylic acids is 1. The Morgan fingerprint density at radius 1 is 1.15 bits per heavy atom. The summed E-state index contributed by atoms with van der Waals surface area (Å²) in [5.74, 6) is -0.00304. The van der Waals surface area contributed by atoms with E-state index in [0.717, 1.165) is 22.5 Å². The van der Waals surface area contributed by atoms with E-state index in [0.29, 0.717) is 5.16 Å². The van der Waals surface area contributed by atoms with Gasteiger partial charge in [0, 0.05) is 12.7 Å². The molecule has 0 aliphatic rings. The summed E-state index contributed by atoms with van der Waals surface area (Å²) in [6, 6.07) is 15.7. The minimum atomic E-state index is -0.324. The molecular formula is C19H21N5OS. The zero-order valence-corrected chi connectivity index (χ0v) is 16.1. The van der Waals surface area contributed by atoms with Crippen LogP contribution in [0.3, 0.4) is 0 Å². The first-order chi connectivity index (χ1) is 12.5. The second kappa shape index (κ2) is 7.70. The van der Waals surface area contributed by atoms with E-state index in [1.165, 1.54) is 11.8 Å². The van der Waals surface area contributed by atoms with Crippen LogP contribution in [0.2, 0.25) is 0 Å². The first-order valence-corrected chi connectivity index (χ1v) is 9.20. The maximum Gasteiger partial charge on any atom is 0.240 e. The van der Waals surface area contributed by atoms with E-state index in [1.54, 1.807) is 16.6 Å². The highest BCUT2D eigenvalue weighted by Gasteiger charge is 2.23. The van der Waals surface area contributed by atoms with Gasteiger partial charge in [0.15, 0.2) is 0 Å². The van der Waals surface area contributed by atoms with Gasteiger partial charge in [0.25, 0.3) is 0 Å². The summed E-state index contributed by atoms with van der Waals surface area (Å²) in [5.41, 5.74) is 3.99. The van der Waals surface area contributed by atoms with E-state index in [9.17, 15) is 4.79 Å². The molecule has 7 heteroatoms. The summed E-state index contributed by atoms with van der Waals surface area (Å²) >= 11 is 1.35. The Morgan fingerprint density at radius 2 is 1.88 bits per heavy atom. The zero-order valence-electron chi connectivity index (χ0n) is 15.2. The van der Waals surface area contributed by atoms with E-state index < -0.39 is 0 Å². The van der Waals surface area contributed by atoms with Gasteiger partial charge in [-0.15, -0.1) is 5.10 Å². The molecule has 0 unspecified atom stereocenters. The number of benzene rings is 2. The quantitative estimate of drug-likeness (QED) is 0.647. The van der Waals surface area contributed by atoms with Crippen LogP contribution in [-0.2, 0) is 4.79 Å². The maximum absolute atomic E-state index is 12.8. The molecule has 0 radical (unpaired) electrons. The van der Waals surface area contributed by atoms with Crippen LogP contribution in [0.4, 0.5) is 5.69 Å². The predicted octanol–water partition coefficient (Wildman–Crippen LogP) is 3.42. The number of carbonyl (C=O) groups is 1. The van der Waals surface area contributed by atoms with E-state index in [-0.39, 0.29) is 11.2 Å². The SMILES string of the molecule is Cc1ccc(C)c(-n2nnnc2S[C@H](C)C(=O)N(C)c2ccccc2)c1. The second-order valence-corrected chi connectivity index (χ2v) is 7.46. The van der Waals surface area contributed by atoms with Crippen molar-refractivity contribution in [3.8, 4) is 5.69 Å². The van der Waals surface area contributed by atoms with Gasteiger partial charge in [-0.1, -0.05) is 42.1 Å². The third-order valence-electron chi connectivity index (χ3n) is 4.14. The van der Waals surface area contributed by atoms with Crippen molar-refractivity contribution in [3.63, 3.8) is 0 Å². The Bertz CT molecular complexity index is 909. The summed E-state index contributed by atoms with van der Waals surface area (Å²) in [6.45, 7) is 5.91. The van der Waals surface area contributed by atoms with Gasteiger partial charge >= 0.3 is 0 Å². The third kappa shape index (κ3) is 3.77. The monoisotopic (exact) mass is 367 g/mol. The van der Waals surface area contributed by atoms with Gasteiger partial charge in [0.2, 0.25) is 11.1 Å². The fourth-order valence-electron chi connectivity index (χ4n) is 2.61. The van der Waals surface area contributed by atoms with E-state index in [2.05, 4.69) is 21.6 Å². The van der Waals surface area contributed by atoms with Gasteiger partial charge < -0.3 is 4.90 Å². The largest absolute Gasteiger partial charge is 0.315 e. The number of nitrogens with zero attached hydrogens (tertiary/aromatic N) is 5. The lowest BCUT2D eigenvalue weighted by Gasteiger charge is -2.21. The average molecular weight is 367 g/mol. The summed E-state index contributed by atoms with van der Waals surface area (Å²) in [6.07, 6.45) is 0. The minimum Gasteiger partial charge on any atom is -0.315 e. The molecule has 3 aromatic rings. The lowest BCUT2D eigenvalue weighted by molar-refractivity contribution is -0.117. The van der Waals surface area contributed by atoms with Crippen molar-refractivity contribution >= 4 is 23.4 Å². The van der Waals surface area contributed by atoms with Crippen molar-refractivity contribution in [2.75, 3.05) is 11.9 Å². The Hall–Kier alpha value is -2.67. The normalized spacial score (nSPS) is 12.0. The van der Waals surface area contributed by atoms with Crippen LogP contribution in [0.5, 0.6) is 0 Å². The van der Waals surface area contributed by atoms with Crippen LogP contribution in [0, 0.1) is 13.8 Å². The van der Waals surface area contributed by atoms with Crippen LogP contribution in [-0.4, -0.2) is 38.4 Å². The summed E-state index contributed by atoms with van der Waals surface area (Å²) in [5, 5.41) is 12.3. The van der Waals surface area contributed by atoms with Gasteiger partial charge in [-0.2, -0.15) is 4.68 Å². The molecule has 0 bridgehead atoms. The molecule has 0 fully saturated rings. The molecule has 26 heavy (non-hydrogen) atoms. The van der Waals surface area contributed by atoms with E-state index in [4.69, 9.17) is 0 Å². The van der Waals surface area contributed by atoms with Crippen LogP contribution >= 0.6 is 11.8 Å². The van der Waals surface area contributed by atoms with Gasteiger partial charge in [-0.3, -0.25) is 4.79 Å². The molecule has 1 aromatic heterocycles. The maximum atomic E-state index is 12.8. The lowest BCUT2D eigenvalue weighted by atomic mass is 10.1. The van der Waals surface area contributed by atoms with E-state index >= 15 is 0 Å². The number of hydrogen-bond donors (Lipinski definition) is 0. The minimum absolute atomic E-state index is 0.00304. The molecule has 1 heterocycles. The van der Waals surface area contributed by atoms with Crippen molar-refractivity contribution < 1.29 is 4.79 Å². The highest BCUT2D eigenvalue weighted by molar-refractivity contribution is 8.00. The number of para-hydroxylation sites is 1. The van der Waals surface area contributed by atoms with Crippen molar-refractivity contribution in [1.82, 2.24) is 20.2 Å². The van der Waals surface area contributed by atoms with Gasteiger partial charge in [0.1, 0.15) is 0 Å². The zero-order chi connectivity index (χ0) is 18.7. The van der Waals surface area contributed by atoms with Crippen LogP contribution < -0.4 is 4.90 Å². The fourth-order valence-corrected chi connectivity index (χ4v) is 3.50. The number of anilines is 1. The van der Waals surface area contributed by atoms with Crippen LogP contribution in [0.15, 0.2) is 53.7 Å². The number of amides is 1. The molecule has 134 valence electrons. The van der Waals surface area contributed by atoms with Crippen LogP contribution in [0.1, 0.15) is 18.1 Å². The predicted molar refractivity (Wildman–Crippen MR) is 104 cm³/mol.